The summed E-state index contributed by atoms with van der Waals surface area (Å²) in [7, 11) is -0.894. The number of hydrogen-bond donors (Lipinski definition) is 2. The van der Waals surface area contributed by atoms with E-state index in [-0.39, 0.29) is 29.1 Å². The van der Waals surface area contributed by atoms with E-state index in [2.05, 4.69) is 10.0 Å². The van der Waals surface area contributed by atoms with Crippen molar-refractivity contribution in [2.24, 2.45) is 0 Å². The summed E-state index contributed by atoms with van der Waals surface area (Å²) >= 11 is 0. The van der Waals surface area contributed by atoms with Gasteiger partial charge in [-0.15, -0.1) is 0 Å². The number of sulfonamides is 1. The number of ether oxygens (including phenoxy) is 2. The molecule has 1 heterocycles. The van der Waals surface area contributed by atoms with Crippen LogP contribution in [-0.4, -0.2) is 41.1 Å². The second-order valence-electron chi connectivity index (χ2n) is 4.68. The van der Waals surface area contributed by atoms with Crippen LogP contribution in [0.1, 0.15) is 12.8 Å². The van der Waals surface area contributed by atoms with Crippen LogP contribution in [0.5, 0.6) is 11.5 Å². The van der Waals surface area contributed by atoms with Crippen molar-refractivity contribution >= 4 is 15.9 Å². The number of carbonyl (C=O) groups is 1. The molecule has 1 atom stereocenters. The summed E-state index contributed by atoms with van der Waals surface area (Å²) < 4.78 is 37.7. The summed E-state index contributed by atoms with van der Waals surface area (Å²) in [5.74, 6) is 0.598. The predicted molar refractivity (Wildman–Crippen MR) is 75.9 cm³/mol. The maximum atomic E-state index is 12.5. The van der Waals surface area contributed by atoms with Crippen molar-refractivity contribution in [1.82, 2.24) is 10.0 Å². The lowest BCUT2D eigenvalue weighted by Gasteiger charge is -2.23. The van der Waals surface area contributed by atoms with Crippen LogP contribution in [0.25, 0.3) is 0 Å². The lowest BCUT2D eigenvalue weighted by Crippen LogP contribution is -2.47. The van der Waals surface area contributed by atoms with E-state index in [9.17, 15) is 13.2 Å². The standard InChI is InChI=1S/C13H18N2O5S/c1-19-10-4-5-11(20-2)12(7-10)21(17,18)15-9-3-6-13(16)14-8-9/h4-5,7,9,15H,3,6,8H2,1-2H3,(H,14,16). The summed E-state index contributed by atoms with van der Waals surface area (Å²) in [6.45, 7) is 0.282. The molecule has 2 N–H and O–H groups in total. The summed E-state index contributed by atoms with van der Waals surface area (Å²) in [6.07, 6.45) is 0.778. The highest BCUT2D eigenvalue weighted by molar-refractivity contribution is 7.89. The highest BCUT2D eigenvalue weighted by atomic mass is 32.2. The topological polar surface area (TPSA) is 93.7 Å². The molecule has 1 aliphatic heterocycles. The van der Waals surface area contributed by atoms with Crippen molar-refractivity contribution in [2.45, 2.75) is 23.8 Å². The molecule has 1 saturated heterocycles. The molecule has 21 heavy (non-hydrogen) atoms. The zero-order valence-corrected chi connectivity index (χ0v) is 12.7. The Labute approximate surface area is 123 Å². The smallest absolute Gasteiger partial charge is 0.244 e. The molecule has 1 aromatic rings. The van der Waals surface area contributed by atoms with Gasteiger partial charge in [0, 0.05) is 25.1 Å². The second-order valence-corrected chi connectivity index (χ2v) is 6.36. The predicted octanol–water partition coefficient (Wildman–Crippen LogP) is 0.261. The van der Waals surface area contributed by atoms with Crippen molar-refractivity contribution in [2.75, 3.05) is 20.8 Å². The Hall–Kier alpha value is -1.80. The van der Waals surface area contributed by atoms with Crippen LogP contribution in [0.4, 0.5) is 0 Å². The van der Waals surface area contributed by atoms with Crippen molar-refractivity contribution in [3.63, 3.8) is 0 Å². The minimum atomic E-state index is -3.76. The van der Waals surface area contributed by atoms with Crippen LogP contribution in [0.3, 0.4) is 0 Å². The van der Waals surface area contributed by atoms with Gasteiger partial charge in [0.1, 0.15) is 16.4 Å². The third-order valence-electron chi connectivity index (χ3n) is 3.25. The van der Waals surface area contributed by atoms with Gasteiger partial charge in [-0.25, -0.2) is 13.1 Å². The van der Waals surface area contributed by atoms with Crippen LogP contribution in [-0.2, 0) is 14.8 Å². The maximum absolute atomic E-state index is 12.5. The minimum absolute atomic E-state index is 0.0150. The molecule has 1 fully saturated rings. The first-order valence-electron chi connectivity index (χ1n) is 6.47. The van der Waals surface area contributed by atoms with Crippen molar-refractivity contribution in [1.29, 1.82) is 0 Å². The Balaban J connectivity index is 2.24. The van der Waals surface area contributed by atoms with E-state index in [1.807, 2.05) is 0 Å². The second kappa shape index (κ2) is 6.31. The number of carbonyl (C=O) groups excluding carboxylic acids is 1. The molecule has 1 aromatic carbocycles. The highest BCUT2D eigenvalue weighted by Gasteiger charge is 2.26. The number of benzene rings is 1. The lowest BCUT2D eigenvalue weighted by molar-refractivity contribution is -0.122. The van der Waals surface area contributed by atoms with Crippen LogP contribution in [0.15, 0.2) is 23.1 Å². The summed E-state index contributed by atoms with van der Waals surface area (Å²) in [5.41, 5.74) is 0. The van der Waals surface area contributed by atoms with Gasteiger partial charge in [-0.05, 0) is 18.6 Å². The molecule has 1 unspecified atom stereocenters. The fraction of sp³-hybridized carbons (Fsp3) is 0.462. The van der Waals surface area contributed by atoms with Crippen molar-refractivity contribution in [3.8, 4) is 11.5 Å². The molecule has 1 amide bonds. The molecule has 116 valence electrons. The fourth-order valence-electron chi connectivity index (χ4n) is 2.11. The van der Waals surface area contributed by atoms with Gasteiger partial charge < -0.3 is 14.8 Å². The highest BCUT2D eigenvalue weighted by Crippen LogP contribution is 2.28. The molecule has 0 aromatic heterocycles. The normalized spacial score (nSPS) is 19.0. The van der Waals surface area contributed by atoms with Gasteiger partial charge in [0.15, 0.2) is 0 Å². The number of methoxy groups -OCH3 is 2. The molecule has 2 rings (SSSR count). The fourth-order valence-corrected chi connectivity index (χ4v) is 3.56. The molecule has 8 heteroatoms. The Morgan fingerprint density at radius 3 is 2.62 bits per heavy atom. The van der Waals surface area contributed by atoms with Gasteiger partial charge in [-0.3, -0.25) is 4.79 Å². The molecule has 7 nitrogen and oxygen atoms in total. The van der Waals surface area contributed by atoms with Crippen LogP contribution >= 0.6 is 0 Å². The van der Waals surface area contributed by atoms with E-state index in [0.717, 1.165) is 0 Å². The third kappa shape index (κ3) is 3.64. The first kappa shape index (κ1) is 15.6. The minimum Gasteiger partial charge on any atom is -0.497 e. The van der Waals surface area contributed by atoms with E-state index >= 15 is 0 Å². The average molecular weight is 314 g/mol. The molecule has 0 radical (unpaired) electrons. The summed E-state index contributed by atoms with van der Waals surface area (Å²) in [5, 5.41) is 2.64. The summed E-state index contributed by atoms with van der Waals surface area (Å²) in [4.78, 5) is 11.1. The van der Waals surface area contributed by atoms with E-state index in [0.29, 0.717) is 18.6 Å². The van der Waals surface area contributed by atoms with Gasteiger partial charge in [-0.2, -0.15) is 0 Å². The van der Waals surface area contributed by atoms with Crippen LogP contribution in [0.2, 0.25) is 0 Å². The summed E-state index contributed by atoms with van der Waals surface area (Å²) in [6, 6.07) is 4.24. The Kier molecular flexibility index (Phi) is 4.69. The van der Waals surface area contributed by atoms with Gasteiger partial charge in [0.25, 0.3) is 0 Å². The molecular formula is C13H18N2O5S. The van der Waals surface area contributed by atoms with Crippen molar-refractivity contribution in [3.05, 3.63) is 18.2 Å². The van der Waals surface area contributed by atoms with E-state index in [1.165, 1.54) is 26.4 Å². The van der Waals surface area contributed by atoms with Gasteiger partial charge in [0.2, 0.25) is 15.9 Å². The first-order valence-corrected chi connectivity index (χ1v) is 7.95. The third-order valence-corrected chi connectivity index (χ3v) is 4.79. The zero-order valence-electron chi connectivity index (χ0n) is 11.9. The number of piperidine rings is 1. The number of rotatable bonds is 5. The van der Waals surface area contributed by atoms with E-state index in [1.54, 1.807) is 6.07 Å². The quantitative estimate of drug-likeness (QED) is 0.813. The maximum Gasteiger partial charge on any atom is 0.244 e. The van der Waals surface area contributed by atoms with Gasteiger partial charge in [0.05, 0.1) is 14.2 Å². The Bertz CT molecular complexity index is 619. The largest absolute Gasteiger partial charge is 0.497 e. The first-order chi connectivity index (χ1) is 9.96. The van der Waals surface area contributed by atoms with Gasteiger partial charge in [-0.1, -0.05) is 0 Å². The number of nitrogens with one attached hydrogen (secondary N) is 2. The Morgan fingerprint density at radius 2 is 2.05 bits per heavy atom. The lowest BCUT2D eigenvalue weighted by atomic mass is 10.1. The molecule has 1 aliphatic rings. The number of hydrogen-bond acceptors (Lipinski definition) is 5. The van der Waals surface area contributed by atoms with E-state index < -0.39 is 10.0 Å². The van der Waals surface area contributed by atoms with Gasteiger partial charge >= 0.3 is 0 Å². The average Bonchev–Trinajstić information content (AvgIpc) is 2.48. The van der Waals surface area contributed by atoms with E-state index in [4.69, 9.17) is 9.47 Å². The zero-order chi connectivity index (χ0) is 15.5. The molecule has 0 aliphatic carbocycles. The monoisotopic (exact) mass is 314 g/mol. The Morgan fingerprint density at radius 1 is 1.29 bits per heavy atom. The number of amides is 1. The van der Waals surface area contributed by atoms with Crippen LogP contribution in [0, 0.1) is 0 Å². The van der Waals surface area contributed by atoms with Crippen molar-refractivity contribution < 1.29 is 22.7 Å². The molecule has 0 bridgehead atoms. The molecule has 0 spiro atoms. The molecule has 0 saturated carbocycles. The van der Waals surface area contributed by atoms with Crippen LogP contribution < -0.4 is 19.5 Å². The molecular weight excluding hydrogens is 296 g/mol. The SMILES string of the molecule is COc1ccc(OC)c(S(=O)(=O)NC2CCC(=O)NC2)c1.